The first-order valence-electron chi connectivity index (χ1n) is 5.84. The number of nitriles is 1. The van der Waals surface area contributed by atoms with Crippen LogP contribution in [-0.2, 0) is 0 Å². The molecule has 0 saturated heterocycles. The van der Waals surface area contributed by atoms with Crippen LogP contribution >= 0.6 is 15.9 Å². The molecule has 0 amide bonds. The Labute approximate surface area is 119 Å². The highest BCUT2D eigenvalue weighted by atomic mass is 79.9. The zero-order chi connectivity index (χ0) is 13.8. The minimum atomic E-state index is 0.274. The van der Waals surface area contributed by atoms with E-state index in [1.165, 1.54) is 4.68 Å². The minimum absolute atomic E-state index is 0.274. The highest BCUT2D eigenvalue weighted by Gasteiger charge is 2.17. The van der Waals surface area contributed by atoms with Gasteiger partial charge < -0.3 is 10.5 Å². The van der Waals surface area contributed by atoms with E-state index in [0.717, 1.165) is 16.6 Å². The van der Waals surface area contributed by atoms with Gasteiger partial charge >= 0.3 is 0 Å². The summed E-state index contributed by atoms with van der Waals surface area (Å²) in [5.41, 5.74) is 7.00. The highest BCUT2D eigenvalue weighted by molar-refractivity contribution is 9.10. The van der Waals surface area contributed by atoms with Crippen molar-refractivity contribution in [2.24, 2.45) is 0 Å². The van der Waals surface area contributed by atoms with Crippen molar-refractivity contribution < 1.29 is 4.74 Å². The van der Waals surface area contributed by atoms with Gasteiger partial charge in [-0.15, -0.1) is 5.10 Å². The first-order valence-corrected chi connectivity index (χ1v) is 6.64. The lowest BCUT2D eigenvalue weighted by Crippen LogP contribution is -2.02. The van der Waals surface area contributed by atoms with E-state index >= 15 is 0 Å². The fourth-order valence-corrected chi connectivity index (χ4v) is 1.86. The summed E-state index contributed by atoms with van der Waals surface area (Å²) in [7, 11) is 0. The van der Waals surface area contributed by atoms with Crippen LogP contribution in [-0.4, -0.2) is 16.4 Å². The van der Waals surface area contributed by atoms with E-state index < -0.39 is 0 Å². The molecule has 0 bridgehead atoms. The summed E-state index contributed by atoms with van der Waals surface area (Å²) in [5, 5.41) is 13.4. The molecule has 0 aliphatic heterocycles. The number of nitrogens with two attached hydrogens (primary N) is 1. The highest BCUT2D eigenvalue weighted by Crippen LogP contribution is 2.26. The van der Waals surface area contributed by atoms with Gasteiger partial charge in [-0.1, -0.05) is 22.9 Å². The van der Waals surface area contributed by atoms with E-state index in [4.69, 9.17) is 15.7 Å². The molecule has 0 aliphatic carbocycles. The standard InChI is InChI=1S/C13H13BrN4O/c1-2-7-19-13-11(8-15)12(16)18(17-13)10-5-3-9(14)4-6-10/h3-6H,2,7,16H2,1H3. The molecule has 1 aromatic carbocycles. The van der Waals surface area contributed by atoms with Gasteiger partial charge in [0.2, 0.25) is 0 Å². The van der Waals surface area contributed by atoms with Crippen LogP contribution < -0.4 is 10.5 Å². The summed E-state index contributed by atoms with van der Waals surface area (Å²) in [6, 6.07) is 9.52. The summed E-state index contributed by atoms with van der Waals surface area (Å²) < 4.78 is 7.91. The molecule has 2 aromatic rings. The Bertz CT molecular complexity index is 613. The molecule has 6 heteroatoms. The lowest BCUT2D eigenvalue weighted by atomic mass is 10.3. The lowest BCUT2D eigenvalue weighted by Gasteiger charge is -2.03. The van der Waals surface area contributed by atoms with E-state index in [2.05, 4.69) is 21.0 Å². The molecular formula is C13H13BrN4O. The van der Waals surface area contributed by atoms with E-state index in [1.54, 1.807) is 0 Å². The van der Waals surface area contributed by atoms with Crippen LogP contribution in [0.1, 0.15) is 18.9 Å². The molecule has 2 rings (SSSR count). The molecular weight excluding hydrogens is 308 g/mol. The third-order valence-electron chi connectivity index (χ3n) is 2.51. The van der Waals surface area contributed by atoms with Gasteiger partial charge in [0.1, 0.15) is 11.9 Å². The summed E-state index contributed by atoms with van der Waals surface area (Å²) in [5.74, 6) is 0.570. The Balaban J connectivity index is 2.44. The average molecular weight is 321 g/mol. The summed E-state index contributed by atoms with van der Waals surface area (Å²) >= 11 is 3.37. The van der Waals surface area contributed by atoms with Crippen LogP contribution in [0, 0.1) is 11.3 Å². The van der Waals surface area contributed by atoms with E-state index in [1.807, 2.05) is 37.3 Å². The van der Waals surface area contributed by atoms with Gasteiger partial charge in [0, 0.05) is 4.47 Å². The Kier molecular flexibility index (Phi) is 4.07. The minimum Gasteiger partial charge on any atom is -0.476 e. The molecule has 0 atom stereocenters. The maximum atomic E-state index is 9.13. The molecule has 0 fully saturated rings. The lowest BCUT2D eigenvalue weighted by molar-refractivity contribution is 0.302. The van der Waals surface area contributed by atoms with Crippen molar-refractivity contribution in [3.8, 4) is 17.6 Å². The number of ether oxygens (including phenoxy) is 1. The number of nitrogens with zero attached hydrogens (tertiary/aromatic N) is 3. The second kappa shape index (κ2) is 5.76. The number of aromatic nitrogens is 2. The second-order valence-electron chi connectivity index (χ2n) is 3.91. The van der Waals surface area contributed by atoms with Crippen molar-refractivity contribution in [1.82, 2.24) is 9.78 Å². The number of hydrogen-bond donors (Lipinski definition) is 1. The van der Waals surface area contributed by atoms with Crippen LogP contribution in [0.4, 0.5) is 5.82 Å². The zero-order valence-electron chi connectivity index (χ0n) is 10.4. The Morgan fingerprint density at radius 2 is 2.11 bits per heavy atom. The normalized spacial score (nSPS) is 10.2. The van der Waals surface area contributed by atoms with Gasteiger partial charge in [0.05, 0.1) is 12.3 Å². The monoisotopic (exact) mass is 320 g/mol. The predicted molar refractivity (Wildman–Crippen MR) is 76.2 cm³/mol. The first-order chi connectivity index (χ1) is 9.17. The van der Waals surface area contributed by atoms with Crippen molar-refractivity contribution in [2.75, 3.05) is 12.3 Å². The molecule has 19 heavy (non-hydrogen) atoms. The third-order valence-corrected chi connectivity index (χ3v) is 3.04. The van der Waals surface area contributed by atoms with Crippen LogP contribution in [0.15, 0.2) is 28.7 Å². The van der Waals surface area contributed by atoms with Crippen molar-refractivity contribution in [3.05, 3.63) is 34.3 Å². The molecule has 5 nitrogen and oxygen atoms in total. The molecule has 0 spiro atoms. The van der Waals surface area contributed by atoms with Crippen molar-refractivity contribution in [3.63, 3.8) is 0 Å². The molecule has 0 aliphatic rings. The van der Waals surface area contributed by atoms with Gasteiger partial charge in [-0.05, 0) is 30.7 Å². The van der Waals surface area contributed by atoms with Gasteiger partial charge in [-0.2, -0.15) is 5.26 Å². The average Bonchev–Trinajstić information content (AvgIpc) is 2.73. The van der Waals surface area contributed by atoms with Crippen molar-refractivity contribution in [1.29, 1.82) is 5.26 Å². The summed E-state index contributed by atoms with van der Waals surface area (Å²) in [6.07, 6.45) is 0.843. The smallest absolute Gasteiger partial charge is 0.253 e. The number of benzene rings is 1. The number of hydrogen-bond acceptors (Lipinski definition) is 4. The SMILES string of the molecule is CCCOc1nn(-c2ccc(Br)cc2)c(N)c1C#N. The third kappa shape index (κ3) is 2.71. The van der Waals surface area contributed by atoms with E-state index in [9.17, 15) is 0 Å². The fraction of sp³-hybridized carbons (Fsp3) is 0.231. The first kappa shape index (κ1) is 13.4. The predicted octanol–water partition coefficient (Wildman–Crippen LogP) is 2.88. The van der Waals surface area contributed by atoms with Crippen LogP contribution in [0.5, 0.6) is 5.88 Å². The number of halogens is 1. The van der Waals surface area contributed by atoms with E-state index in [0.29, 0.717) is 6.61 Å². The maximum Gasteiger partial charge on any atom is 0.253 e. The Morgan fingerprint density at radius 3 is 2.68 bits per heavy atom. The molecule has 0 unspecified atom stereocenters. The van der Waals surface area contributed by atoms with Crippen molar-refractivity contribution in [2.45, 2.75) is 13.3 Å². The quantitative estimate of drug-likeness (QED) is 0.939. The number of anilines is 1. The molecule has 2 N–H and O–H groups in total. The Hall–Kier alpha value is -2.00. The number of nitrogen functional groups attached to an aromatic ring is 1. The van der Waals surface area contributed by atoms with Gasteiger partial charge in [-0.25, -0.2) is 4.68 Å². The molecule has 98 valence electrons. The summed E-state index contributed by atoms with van der Waals surface area (Å²) in [6.45, 7) is 2.49. The number of rotatable bonds is 4. The van der Waals surface area contributed by atoms with Gasteiger partial charge in [-0.3, -0.25) is 0 Å². The van der Waals surface area contributed by atoms with Crippen LogP contribution in [0.2, 0.25) is 0 Å². The fourth-order valence-electron chi connectivity index (χ4n) is 1.59. The van der Waals surface area contributed by atoms with Crippen LogP contribution in [0.25, 0.3) is 5.69 Å². The zero-order valence-corrected chi connectivity index (χ0v) is 12.0. The van der Waals surface area contributed by atoms with Gasteiger partial charge in [0.15, 0.2) is 5.56 Å². The Morgan fingerprint density at radius 1 is 1.42 bits per heavy atom. The topological polar surface area (TPSA) is 76.9 Å². The van der Waals surface area contributed by atoms with Crippen LogP contribution in [0.3, 0.4) is 0 Å². The second-order valence-corrected chi connectivity index (χ2v) is 4.83. The molecule has 1 aromatic heterocycles. The largest absolute Gasteiger partial charge is 0.476 e. The van der Waals surface area contributed by atoms with Crippen molar-refractivity contribution >= 4 is 21.7 Å². The van der Waals surface area contributed by atoms with Gasteiger partial charge in [0.25, 0.3) is 5.88 Å². The van der Waals surface area contributed by atoms with E-state index in [-0.39, 0.29) is 17.3 Å². The summed E-state index contributed by atoms with van der Waals surface area (Å²) in [4.78, 5) is 0. The maximum absolute atomic E-state index is 9.13. The molecule has 0 saturated carbocycles. The molecule has 1 heterocycles. The molecule has 0 radical (unpaired) electrons.